The van der Waals surface area contributed by atoms with E-state index in [1.165, 1.54) is 19.2 Å². The number of hydrogen-bond donors (Lipinski definition) is 3. The molecule has 4 rings (SSSR count). The Morgan fingerprint density at radius 2 is 1.71 bits per heavy atom. The zero-order chi connectivity index (χ0) is 24.1. The van der Waals surface area contributed by atoms with E-state index in [0.29, 0.717) is 35.5 Å². The zero-order valence-corrected chi connectivity index (χ0v) is 18.7. The van der Waals surface area contributed by atoms with Gasteiger partial charge in [0.1, 0.15) is 11.5 Å². The van der Waals surface area contributed by atoms with Crippen molar-refractivity contribution in [1.29, 1.82) is 0 Å². The summed E-state index contributed by atoms with van der Waals surface area (Å²) in [7, 11) is 1.48. The highest BCUT2D eigenvalue weighted by Crippen LogP contribution is 2.26. The number of rotatable bonds is 8. The first-order valence-corrected chi connectivity index (χ1v) is 10.9. The molecular weight excluding hydrogens is 434 g/mol. The van der Waals surface area contributed by atoms with Crippen molar-refractivity contribution in [2.45, 2.75) is 12.5 Å². The molecule has 0 radical (unpaired) electrons. The number of phenolic OH excluding ortho intramolecular Hbond substituents is 1. The number of ketones is 2. The molecule has 0 bridgehead atoms. The lowest BCUT2D eigenvalue weighted by molar-refractivity contribution is 0.0902. The Morgan fingerprint density at radius 1 is 1.00 bits per heavy atom. The van der Waals surface area contributed by atoms with E-state index >= 15 is 0 Å². The summed E-state index contributed by atoms with van der Waals surface area (Å²) in [5.74, 6) is -0.375. The minimum Gasteiger partial charge on any atom is -0.507 e. The Balaban J connectivity index is 1.39. The molecule has 3 N–H and O–H groups in total. The molecule has 1 saturated heterocycles. The van der Waals surface area contributed by atoms with E-state index in [2.05, 4.69) is 15.6 Å². The van der Waals surface area contributed by atoms with Crippen molar-refractivity contribution in [2.24, 2.45) is 5.92 Å². The van der Waals surface area contributed by atoms with Crippen LogP contribution in [0.2, 0.25) is 0 Å². The van der Waals surface area contributed by atoms with E-state index < -0.39 is 0 Å². The number of hydrogen-bond acceptors (Lipinski definition) is 7. The molecule has 2 atom stereocenters. The van der Waals surface area contributed by atoms with E-state index in [1.54, 1.807) is 54.9 Å². The van der Waals surface area contributed by atoms with Gasteiger partial charge in [0.05, 0.1) is 12.7 Å². The Bertz CT molecular complexity index is 1190. The van der Waals surface area contributed by atoms with Crippen molar-refractivity contribution in [3.05, 3.63) is 89.2 Å². The Kier molecular flexibility index (Phi) is 6.98. The van der Waals surface area contributed by atoms with Gasteiger partial charge >= 0.3 is 0 Å². The van der Waals surface area contributed by atoms with E-state index in [-0.39, 0.29) is 47.2 Å². The standard InChI is InChI=1S/C26H25N3O5/c1-34-20-6-7-21(24(31)13-20)25(32)17-4-2-16(3-5-17)23(30)12-19-14-28-15-22(19)29-26(33)18-8-10-27-11-9-18/h2-11,13,19,22,28,31H,12,14-15H2,1H3,(H,29,33)/t19-,22-/m1/s1. The molecule has 34 heavy (non-hydrogen) atoms. The van der Waals surface area contributed by atoms with Gasteiger partial charge in [-0.15, -0.1) is 0 Å². The third kappa shape index (κ3) is 5.13. The summed E-state index contributed by atoms with van der Waals surface area (Å²) < 4.78 is 5.04. The second-order valence-corrected chi connectivity index (χ2v) is 8.15. The normalized spacial score (nSPS) is 17.2. The number of benzene rings is 2. The molecule has 2 heterocycles. The molecular formula is C26H25N3O5. The lowest BCUT2D eigenvalue weighted by atomic mass is 9.93. The molecule has 8 nitrogen and oxygen atoms in total. The third-order valence-corrected chi connectivity index (χ3v) is 5.96. The molecule has 1 aliphatic rings. The summed E-state index contributed by atoms with van der Waals surface area (Å²) in [6, 6.07) is 14.0. The maximum atomic E-state index is 12.9. The van der Waals surface area contributed by atoms with Gasteiger partial charge in [-0.1, -0.05) is 24.3 Å². The molecule has 8 heteroatoms. The van der Waals surface area contributed by atoms with Crippen LogP contribution in [-0.2, 0) is 0 Å². The first kappa shape index (κ1) is 23.1. The number of nitrogens with one attached hydrogen (secondary N) is 2. The Morgan fingerprint density at radius 3 is 2.38 bits per heavy atom. The Hall–Kier alpha value is -4.04. The van der Waals surface area contributed by atoms with E-state index in [9.17, 15) is 19.5 Å². The van der Waals surface area contributed by atoms with Gasteiger partial charge in [-0.05, 0) is 24.3 Å². The third-order valence-electron chi connectivity index (χ3n) is 5.96. The summed E-state index contributed by atoms with van der Waals surface area (Å²) in [4.78, 5) is 42.0. The average molecular weight is 460 g/mol. The topological polar surface area (TPSA) is 118 Å². The summed E-state index contributed by atoms with van der Waals surface area (Å²) in [6.45, 7) is 1.22. The number of aromatic hydroxyl groups is 1. The van der Waals surface area contributed by atoms with Crippen LogP contribution in [0.4, 0.5) is 0 Å². The second-order valence-electron chi connectivity index (χ2n) is 8.15. The van der Waals surface area contributed by atoms with E-state index in [0.717, 1.165) is 0 Å². The number of carbonyl (C=O) groups is 3. The number of methoxy groups -OCH3 is 1. The largest absolute Gasteiger partial charge is 0.507 e. The SMILES string of the molecule is COc1ccc(C(=O)c2ccc(C(=O)C[C@@H]3CNC[C@H]3NC(=O)c3ccncc3)cc2)c(O)c1. The highest BCUT2D eigenvalue weighted by atomic mass is 16.5. The number of aromatic nitrogens is 1. The van der Waals surface area contributed by atoms with Crippen LogP contribution in [0.25, 0.3) is 0 Å². The number of nitrogens with zero attached hydrogens (tertiary/aromatic N) is 1. The number of Topliss-reactive ketones (excluding diaryl/α,β-unsaturated/α-hetero) is 1. The summed E-state index contributed by atoms with van der Waals surface area (Å²) in [5.41, 5.74) is 1.53. The highest BCUT2D eigenvalue weighted by molar-refractivity contribution is 6.11. The predicted molar refractivity (Wildman–Crippen MR) is 125 cm³/mol. The first-order chi connectivity index (χ1) is 16.5. The van der Waals surface area contributed by atoms with Crippen LogP contribution in [-0.4, -0.2) is 53.8 Å². The fraction of sp³-hybridized carbons (Fsp3) is 0.231. The molecule has 1 amide bonds. The summed E-state index contributed by atoms with van der Waals surface area (Å²) >= 11 is 0. The predicted octanol–water partition coefficient (Wildman–Crippen LogP) is 2.62. The van der Waals surface area contributed by atoms with Gasteiger partial charge in [0.15, 0.2) is 11.6 Å². The molecule has 1 aliphatic heterocycles. The zero-order valence-electron chi connectivity index (χ0n) is 18.7. The van der Waals surface area contributed by atoms with Crippen molar-refractivity contribution in [3.63, 3.8) is 0 Å². The number of phenols is 1. The molecule has 0 spiro atoms. The number of ether oxygens (including phenoxy) is 1. The van der Waals surface area contributed by atoms with Crippen molar-refractivity contribution < 1.29 is 24.2 Å². The minimum atomic E-state index is -0.349. The van der Waals surface area contributed by atoms with Crippen molar-refractivity contribution in [3.8, 4) is 11.5 Å². The van der Waals surface area contributed by atoms with Gasteiger partial charge in [-0.3, -0.25) is 19.4 Å². The molecule has 0 saturated carbocycles. The number of carbonyl (C=O) groups excluding carboxylic acids is 3. The monoisotopic (exact) mass is 459 g/mol. The average Bonchev–Trinajstić information content (AvgIpc) is 3.30. The van der Waals surface area contributed by atoms with Crippen LogP contribution < -0.4 is 15.4 Å². The van der Waals surface area contributed by atoms with Gasteiger partial charge in [-0.25, -0.2) is 0 Å². The number of pyridine rings is 1. The quantitative estimate of drug-likeness (QED) is 0.443. The molecule has 1 fully saturated rings. The maximum Gasteiger partial charge on any atom is 0.251 e. The number of amides is 1. The van der Waals surface area contributed by atoms with Gasteiger partial charge < -0.3 is 20.5 Å². The molecule has 3 aromatic rings. The van der Waals surface area contributed by atoms with Gasteiger partial charge in [0, 0.05) is 66.6 Å². The van der Waals surface area contributed by atoms with Crippen molar-refractivity contribution in [1.82, 2.24) is 15.6 Å². The van der Waals surface area contributed by atoms with Crippen LogP contribution >= 0.6 is 0 Å². The van der Waals surface area contributed by atoms with Gasteiger partial charge in [0.2, 0.25) is 0 Å². The maximum absolute atomic E-state index is 12.9. The van der Waals surface area contributed by atoms with Crippen LogP contribution in [0.15, 0.2) is 67.0 Å². The molecule has 174 valence electrons. The van der Waals surface area contributed by atoms with Crippen LogP contribution in [0.3, 0.4) is 0 Å². The molecule has 0 unspecified atom stereocenters. The lowest BCUT2D eigenvalue weighted by Crippen LogP contribution is -2.41. The van der Waals surface area contributed by atoms with Crippen molar-refractivity contribution >= 4 is 17.5 Å². The van der Waals surface area contributed by atoms with Gasteiger partial charge in [0.25, 0.3) is 5.91 Å². The van der Waals surface area contributed by atoms with Gasteiger partial charge in [-0.2, -0.15) is 0 Å². The second kappa shape index (κ2) is 10.3. The molecule has 0 aliphatic carbocycles. The van der Waals surface area contributed by atoms with E-state index in [4.69, 9.17) is 4.74 Å². The lowest BCUT2D eigenvalue weighted by Gasteiger charge is -2.19. The Labute approximate surface area is 197 Å². The summed E-state index contributed by atoms with van der Waals surface area (Å²) in [5, 5.41) is 16.4. The van der Waals surface area contributed by atoms with Crippen molar-refractivity contribution in [2.75, 3.05) is 20.2 Å². The van der Waals surface area contributed by atoms with Crippen LogP contribution in [0.5, 0.6) is 11.5 Å². The fourth-order valence-electron chi connectivity index (χ4n) is 4.02. The fourth-order valence-corrected chi connectivity index (χ4v) is 4.02. The summed E-state index contributed by atoms with van der Waals surface area (Å²) in [6.07, 6.45) is 3.39. The smallest absolute Gasteiger partial charge is 0.251 e. The van der Waals surface area contributed by atoms with Crippen LogP contribution in [0, 0.1) is 5.92 Å². The molecule has 2 aromatic carbocycles. The van der Waals surface area contributed by atoms with Crippen LogP contribution in [0.1, 0.15) is 43.1 Å². The first-order valence-electron chi connectivity index (χ1n) is 10.9. The van der Waals surface area contributed by atoms with E-state index in [1.807, 2.05) is 0 Å². The highest BCUT2D eigenvalue weighted by Gasteiger charge is 2.30. The molecule has 1 aromatic heterocycles. The minimum absolute atomic E-state index is 0.0455.